The van der Waals surface area contributed by atoms with Crippen LogP contribution in [0.4, 0.5) is 0 Å². The summed E-state index contributed by atoms with van der Waals surface area (Å²) in [6.45, 7) is 4.86. The summed E-state index contributed by atoms with van der Waals surface area (Å²) in [7, 11) is 1.62. The van der Waals surface area contributed by atoms with Gasteiger partial charge in [0.2, 0.25) is 5.91 Å². The maximum absolute atomic E-state index is 11.8. The van der Waals surface area contributed by atoms with Gasteiger partial charge in [-0.15, -0.1) is 0 Å². The number of amides is 1. The highest BCUT2D eigenvalue weighted by atomic mass is 16.5. The van der Waals surface area contributed by atoms with Crippen molar-refractivity contribution in [1.29, 1.82) is 0 Å². The average molecular weight is 267 g/mol. The Labute approximate surface area is 115 Å². The molecule has 19 heavy (non-hydrogen) atoms. The Bertz CT molecular complexity index is 390. The Morgan fingerprint density at radius 1 is 1.58 bits per heavy atom. The Morgan fingerprint density at radius 2 is 2.32 bits per heavy atom. The van der Waals surface area contributed by atoms with Crippen LogP contribution in [0.25, 0.3) is 0 Å². The van der Waals surface area contributed by atoms with Gasteiger partial charge in [0.1, 0.15) is 6.54 Å². The smallest absolute Gasteiger partial charge is 0.240 e. The van der Waals surface area contributed by atoms with Crippen molar-refractivity contribution in [2.75, 3.05) is 13.7 Å². The molecule has 108 valence electrons. The van der Waals surface area contributed by atoms with E-state index in [-0.39, 0.29) is 18.0 Å². The highest BCUT2D eigenvalue weighted by Gasteiger charge is 2.10. The van der Waals surface area contributed by atoms with E-state index < -0.39 is 0 Å². The summed E-state index contributed by atoms with van der Waals surface area (Å²) < 4.78 is 6.84. The first-order chi connectivity index (χ1) is 9.06. The van der Waals surface area contributed by atoms with E-state index in [4.69, 9.17) is 10.5 Å². The van der Waals surface area contributed by atoms with Crippen molar-refractivity contribution in [2.24, 2.45) is 5.73 Å². The summed E-state index contributed by atoms with van der Waals surface area (Å²) in [6, 6.07) is 2.06. The lowest BCUT2D eigenvalue weighted by molar-refractivity contribution is -0.122. The standard InChI is InChI=1S/C14H25N3O2/c1-4-5-13(15)12-6-7-17(8-12)9-14(18)16-11(2)10-19-3/h6-8,11,13H,4-5,9-10,15H2,1-3H3,(H,16,18). The van der Waals surface area contributed by atoms with Crippen molar-refractivity contribution in [3.8, 4) is 0 Å². The molecule has 1 heterocycles. The number of carbonyl (C=O) groups is 1. The summed E-state index contributed by atoms with van der Waals surface area (Å²) in [5.41, 5.74) is 7.12. The molecular weight excluding hydrogens is 242 g/mol. The molecule has 0 spiro atoms. The summed E-state index contributed by atoms with van der Waals surface area (Å²) >= 11 is 0. The van der Waals surface area contributed by atoms with Crippen molar-refractivity contribution in [2.45, 2.75) is 45.3 Å². The zero-order valence-electron chi connectivity index (χ0n) is 12.1. The number of nitrogens with one attached hydrogen (secondary N) is 1. The molecule has 0 aliphatic heterocycles. The van der Waals surface area contributed by atoms with E-state index in [1.54, 1.807) is 7.11 Å². The molecule has 1 amide bonds. The monoisotopic (exact) mass is 267 g/mol. The molecule has 1 aromatic rings. The van der Waals surface area contributed by atoms with E-state index in [9.17, 15) is 4.79 Å². The van der Waals surface area contributed by atoms with Crippen LogP contribution in [0, 0.1) is 0 Å². The molecule has 0 radical (unpaired) electrons. The first kappa shape index (κ1) is 15.7. The first-order valence-electron chi connectivity index (χ1n) is 6.76. The fraction of sp³-hybridized carbons (Fsp3) is 0.643. The predicted octanol–water partition coefficient (Wildman–Crippen LogP) is 1.44. The van der Waals surface area contributed by atoms with Crippen LogP contribution in [0.3, 0.4) is 0 Å². The summed E-state index contributed by atoms with van der Waals surface area (Å²) in [5, 5.41) is 2.88. The minimum atomic E-state index is -0.0178. The molecule has 0 saturated heterocycles. The third kappa shape index (κ3) is 5.44. The van der Waals surface area contributed by atoms with Crippen molar-refractivity contribution in [3.63, 3.8) is 0 Å². The summed E-state index contributed by atoms with van der Waals surface area (Å²) in [6.07, 6.45) is 5.86. The van der Waals surface area contributed by atoms with Gasteiger partial charge in [-0.3, -0.25) is 4.79 Å². The molecule has 2 atom stereocenters. The molecule has 1 aromatic heterocycles. The quantitative estimate of drug-likeness (QED) is 0.749. The molecule has 5 heteroatoms. The normalized spacial score (nSPS) is 14.1. The molecule has 0 fully saturated rings. The maximum Gasteiger partial charge on any atom is 0.240 e. The molecule has 0 bridgehead atoms. The topological polar surface area (TPSA) is 69.3 Å². The Hall–Kier alpha value is -1.33. The SMILES string of the molecule is CCCC(N)c1ccn(CC(=O)NC(C)COC)c1. The number of aromatic nitrogens is 1. The molecule has 0 saturated carbocycles. The number of hydrogen-bond donors (Lipinski definition) is 2. The third-order valence-electron chi connectivity index (χ3n) is 2.95. The van der Waals surface area contributed by atoms with E-state index in [1.165, 1.54) is 0 Å². The van der Waals surface area contributed by atoms with E-state index in [0.717, 1.165) is 18.4 Å². The minimum Gasteiger partial charge on any atom is -0.383 e. The number of ether oxygens (including phenoxy) is 1. The highest BCUT2D eigenvalue weighted by Crippen LogP contribution is 2.15. The van der Waals surface area contributed by atoms with Gasteiger partial charge in [-0.2, -0.15) is 0 Å². The lowest BCUT2D eigenvalue weighted by Gasteiger charge is -2.13. The molecule has 3 N–H and O–H groups in total. The molecular formula is C14H25N3O2. The van der Waals surface area contributed by atoms with Gasteiger partial charge in [0.15, 0.2) is 0 Å². The van der Waals surface area contributed by atoms with Gasteiger partial charge < -0.3 is 20.4 Å². The number of carbonyl (C=O) groups excluding carboxylic acids is 1. The lowest BCUT2D eigenvalue weighted by Crippen LogP contribution is -2.37. The molecule has 0 aliphatic carbocycles. The molecule has 1 rings (SSSR count). The van der Waals surface area contributed by atoms with Crippen LogP contribution in [0.1, 0.15) is 38.3 Å². The fourth-order valence-electron chi connectivity index (χ4n) is 2.03. The zero-order valence-corrected chi connectivity index (χ0v) is 12.1. The Balaban J connectivity index is 2.47. The number of nitrogens with zero attached hydrogens (tertiary/aromatic N) is 1. The van der Waals surface area contributed by atoms with Crippen molar-refractivity contribution in [3.05, 3.63) is 24.0 Å². The minimum absolute atomic E-state index is 0.0178. The lowest BCUT2D eigenvalue weighted by atomic mass is 10.1. The van der Waals surface area contributed by atoms with Gasteiger partial charge >= 0.3 is 0 Å². The number of rotatable bonds is 8. The largest absolute Gasteiger partial charge is 0.383 e. The van der Waals surface area contributed by atoms with E-state index in [2.05, 4.69) is 12.2 Å². The summed E-state index contributed by atoms with van der Waals surface area (Å²) in [5.74, 6) is -0.0178. The second kappa shape index (κ2) is 7.96. The third-order valence-corrected chi connectivity index (χ3v) is 2.95. The highest BCUT2D eigenvalue weighted by molar-refractivity contribution is 5.76. The first-order valence-corrected chi connectivity index (χ1v) is 6.76. The van der Waals surface area contributed by atoms with Gasteiger partial charge in [0, 0.05) is 31.6 Å². The molecule has 5 nitrogen and oxygen atoms in total. The van der Waals surface area contributed by atoms with Crippen molar-refractivity contribution in [1.82, 2.24) is 9.88 Å². The van der Waals surface area contributed by atoms with Crippen LogP contribution in [0.15, 0.2) is 18.5 Å². The second-order valence-electron chi connectivity index (χ2n) is 4.94. The van der Waals surface area contributed by atoms with E-state index >= 15 is 0 Å². The number of nitrogens with two attached hydrogens (primary N) is 1. The zero-order chi connectivity index (χ0) is 14.3. The van der Waals surface area contributed by atoms with Crippen molar-refractivity contribution < 1.29 is 9.53 Å². The van der Waals surface area contributed by atoms with Crippen LogP contribution < -0.4 is 11.1 Å². The number of methoxy groups -OCH3 is 1. The number of hydrogen-bond acceptors (Lipinski definition) is 3. The van der Waals surface area contributed by atoms with Crippen LogP contribution >= 0.6 is 0 Å². The van der Waals surface area contributed by atoms with Crippen LogP contribution in [0.5, 0.6) is 0 Å². The van der Waals surface area contributed by atoms with Crippen molar-refractivity contribution >= 4 is 5.91 Å². The maximum atomic E-state index is 11.8. The van der Waals surface area contributed by atoms with Gasteiger partial charge in [0.05, 0.1) is 6.61 Å². The Kier molecular flexibility index (Phi) is 6.59. The fourth-order valence-corrected chi connectivity index (χ4v) is 2.03. The van der Waals surface area contributed by atoms with Crippen LogP contribution in [0.2, 0.25) is 0 Å². The van der Waals surface area contributed by atoms with Crippen LogP contribution in [-0.2, 0) is 16.1 Å². The average Bonchev–Trinajstić information content (AvgIpc) is 2.77. The predicted molar refractivity (Wildman–Crippen MR) is 75.7 cm³/mol. The Morgan fingerprint density at radius 3 is 2.95 bits per heavy atom. The van der Waals surface area contributed by atoms with Crippen LogP contribution in [-0.4, -0.2) is 30.2 Å². The molecule has 2 unspecified atom stereocenters. The molecule has 0 aromatic carbocycles. The van der Waals surface area contributed by atoms with E-state index in [0.29, 0.717) is 13.2 Å². The van der Waals surface area contributed by atoms with Gasteiger partial charge in [-0.1, -0.05) is 13.3 Å². The molecule has 0 aliphatic rings. The van der Waals surface area contributed by atoms with Gasteiger partial charge in [-0.25, -0.2) is 0 Å². The van der Waals surface area contributed by atoms with E-state index in [1.807, 2.05) is 30.0 Å². The van der Waals surface area contributed by atoms with Gasteiger partial charge in [0.25, 0.3) is 0 Å². The second-order valence-corrected chi connectivity index (χ2v) is 4.94. The van der Waals surface area contributed by atoms with Gasteiger partial charge in [-0.05, 0) is 25.0 Å². The summed E-state index contributed by atoms with van der Waals surface area (Å²) in [4.78, 5) is 11.8.